The van der Waals surface area contributed by atoms with Gasteiger partial charge in [-0.05, 0) is 30.0 Å². The number of aromatic nitrogens is 1. The number of benzene rings is 2. The van der Waals surface area contributed by atoms with Gasteiger partial charge in [-0.3, -0.25) is 9.78 Å². The molecule has 0 saturated carbocycles. The first-order valence-corrected chi connectivity index (χ1v) is 13.7. The van der Waals surface area contributed by atoms with Gasteiger partial charge in [0.25, 0.3) is 0 Å². The Morgan fingerprint density at radius 3 is 2.05 bits per heavy atom. The van der Waals surface area contributed by atoms with E-state index in [-0.39, 0.29) is 48.7 Å². The number of pyridine rings is 1. The molecule has 0 radical (unpaired) electrons. The zero-order valence-corrected chi connectivity index (χ0v) is 22.8. The van der Waals surface area contributed by atoms with Gasteiger partial charge in [0, 0.05) is 42.9 Å². The molecule has 6 nitrogen and oxygen atoms in total. The zero-order valence-electron chi connectivity index (χ0n) is 22.8. The van der Waals surface area contributed by atoms with E-state index in [0.717, 1.165) is 23.4 Å². The first-order valence-electron chi connectivity index (χ1n) is 13.7. The summed E-state index contributed by atoms with van der Waals surface area (Å²) in [5.41, 5.74) is 0.303. The van der Waals surface area contributed by atoms with Crippen molar-refractivity contribution in [3.8, 4) is 0 Å². The highest BCUT2D eigenvalue weighted by molar-refractivity contribution is 6.03. The normalized spacial score (nSPS) is 18.5. The predicted octanol–water partition coefficient (Wildman–Crippen LogP) is 6.63. The molecule has 1 atom stereocenters. The van der Waals surface area contributed by atoms with E-state index in [1.54, 1.807) is 29.2 Å². The van der Waals surface area contributed by atoms with Crippen LogP contribution >= 0.6 is 0 Å². The molecule has 3 heterocycles. The lowest BCUT2D eigenvalue weighted by atomic mass is 9.80. The van der Waals surface area contributed by atoms with E-state index in [2.05, 4.69) is 15.6 Å². The number of allylic oxidation sites excluding steroid dienone is 1. The molecule has 43 heavy (non-hydrogen) atoms. The Bertz CT molecular complexity index is 1440. The van der Waals surface area contributed by atoms with Crippen LogP contribution in [0.3, 0.4) is 0 Å². The maximum Gasteiger partial charge on any atom is 0.417 e. The average molecular weight is 602 g/mol. The summed E-state index contributed by atoms with van der Waals surface area (Å²) in [6.07, 6.45) is -7.66. The molecule has 226 valence electrons. The van der Waals surface area contributed by atoms with E-state index < -0.39 is 48.1 Å². The van der Waals surface area contributed by atoms with Crippen molar-refractivity contribution in [1.29, 1.82) is 5.41 Å². The molecule has 1 amide bonds. The second-order valence-electron chi connectivity index (χ2n) is 10.6. The molecule has 1 aromatic heterocycles. The second kappa shape index (κ2) is 12.1. The Morgan fingerprint density at radius 1 is 0.930 bits per heavy atom. The van der Waals surface area contributed by atoms with Gasteiger partial charge in [-0.15, -0.1) is 0 Å². The van der Waals surface area contributed by atoms with E-state index in [9.17, 15) is 31.1 Å². The summed E-state index contributed by atoms with van der Waals surface area (Å²) < 4.78 is 82.8. The van der Waals surface area contributed by atoms with Crippen molar-refractivity contribution in [2.45, 2.75) is 37.7 Å². The van der Waals surface area contributed by atoms with Crippen molar-refractivity contribution >= 4 is 17.3 Å². The molecule has 2 aliphatic heterocycles. The van der Waals surface area contributed by atoms with E-state index in [1.807, 2.05) is 36.4 Å². The van der Waals surface area contributed by atoms with Crippen LogP contribution in [0.15, 0.2) is 90.5 Å². The fourth-order valence-corrected chi connectivity index (χ4v) is 5.63. The van der Waals surface area contributed by atoms with Crippen LogP contribution in [0, 0.1) is 17.2 Å². The SMILES string of the molecule is N=C(C1=C(NC(c2ccccc2)c2ccccc2)NC(=O)CC1C(F)(F)F)C1CCN(c2cncc(C(F)(F)F)c2)CC1. The number of amides is 1. The second-order valence-corrected chi connectivity index (χ2v) is 10.6. The molecule has 0 spiro atoms. The molecule has 0 aliphatic carbocycles. The van der Waals surface area contributed by atoms with Gasteiger partial charge in [-0.25, -0.2) is 0 Å². The van der Waals surface area contributed by atoms with Crippen molar-refractivity contribution in [2.24, 2.45) is 11.8 Å². The quantitative estimate of drug-likeness (QED) is 0.210. The maximum absolute atomic E-state index is 14.4. The fraction of sp³-hybridized carbons (Fsp3) is 0.323. The standard InChI is InChI=1S/C31H29F6N5O/c32-30(33,34)22-15-23(18-39-17-22)42-13-11-19(12-14-42)27(38)26-24(31(35,36)37)16-25(43)40-29(26)41-28(20-7-3-1-4-8-20)21-9-5-2-6-10-21/h1-10,15,17-19,24,28,38,41H,11-14,16H2,(H,40,43). The summed E-state index contributed by atoms with van der Waals surface area (Å²) in [5, 5.41) is 14.7. The van der Waals surface area contributed by atoms with Gasteiger partial charge in [-0.1, -0.05) is 60.7 Å². The van der Waals surface area contributed by atoms with Crippen LogP contribution < -0.4 is 15.5 Å². The minimum atomic E-state index is -4.79. The minimum absolute atomic E-state index is 0.161. The van der Waals surface area contributed by atoms with Gasteiger partial charge in [-0.2, -0.15) is 26.3 Å². The third-order valence-corrected chi connectivity index (χ3v) is 7.83. The molecular weight excluding hydrogens is 572 g/mol. The van der Waals surface area contributed by atoms with Crippen LogP contribution in [0.1, 0.15) is 42.0 Å². The van der Waals surface area contributed by atoms with Gasteiger partial charge < -0.3 is 20.9 Å². The van der Waals surface area contributed by atoms with Crippen molar-refractivity contribution in [2.75, 3.05) is 18.0 Å². The number of hydrogen-bond acceptors (Lipinski definition) is 5. The third-order valence-electron chi connectivity index (χ3n) is 7.83. The Hall–Kier alpha value is -4.35. The summed E-state index contributed by atoms with van der Waals surface area (Å²) >= 11 is 0. The molecule has 2 aliphatic rings. The van der Waals surface area contributed by atoms with Crippen molar-refractivity contribution in [3.63, 3.8) is 0 Å². The third kappa shape index (κ3) is 6.84. The Balaban J connectivity index is 1.46. The number of nitrogens with zero attached hydrogens (tertiary/aromatic N) is 2. The van der Waals surface area contributed by atoms with Gasteiger partial charge in [0.2, 0.25) is 5.91 Å². The largest absolute Gasteiger partial charge is 0.417 e. The molecule has 12 heteroatoms. The fourth-order valence-electron chi connectivity index (χ4n) is 5.63. The van der Waals surface area contributed by atoms with Gasteiger partial charge >= 0.3 is 12.4 Å². The Morgan fingerprint density at radius 2 is 1.51 bits per heavy atom. The highest BCUT2D eigenvalue weighted by Gasteiger charge is 2.49. The molecule has 1 unspecified atom stereocenters. The van der Waals surface area contributed by atoms with Crippen molar-refractivity contribution in [3.05, 3.63) is 107 Å². The van der Waals surface area contributed by atoms with E-state index in [0.29, 0.717) is 0 Å². The van der Waals surface area contributed by atoms with E-state index in [1.165, 1.54) is 6.20 Å². The number of nitrogens with one attached hydrogen (secondary N) is 3. The molecule has 1 saturated heterocycles. The molecular formula is C31H29F6N5O. The maximum atomic E-state index is 14.4. The highest BCUT2D eigenvalue weighted by atomic mass is 19.4. The van der Waals surface area contributed by atoms with Crippen LogP contribution in [0.25, 0.3) is 0 Å². The summed E-state index contributed by atoms with van der Waals surface area (Å²) in [7, 11) is 0. The van der Waals surface area contributed by atoms with Gasteiger partial charge in [0.05, 0.1) is 29.4 Å². The molecule has 3 N–H and O–H groups in total. The van der Waals surface area contributed by atoms with Crippen LogP contribution in [0.2, 0.25) is 0 Å². The topological polar surface area (TPSA) is 81.1 Å². The summed E-state index contributed by atoms with van der Waals surface area (Å²) in [6.45, 7) is 0.456. The smallest absolute Gasteiger partial charge is 0.370 e. The number of halogens is 6. The number of carbonyl (C=O) groups excluding carboxylic acids is 1. The summed E-state index contributed by atoms with van der Waals surface area (Å²) in [4.78, 5) is 18.0. The lowest BCUT2D eigenvalue weighted by Gasteiger charge is -2.38. The van der Waals surface area contributed by atoms with Crippen LogP contribution in [-0.4, -0.2) is 35.9 Å². The van der Waals surface area contributed by atoms with Crippen LogP contribution in [-0.2, 0) is 11.0 Å². The average Bonchev–Trinajstić information content (AvgIpc) is 2.99. The number of anilines is 1. The van der Waals surface area contributed by atoms with E-state index in [4.69, 9.17) is 5.41 Å². The Labute approximate surface area is 244 Å². The molecule has 0 bridgehead atoms. The summed E-state index contributed by atoms with van der Waals surface area (Å²) in [6, 6.07) is 18.5. The highest BCUT2D eigenvalue weighted by Crippen LogP contribution is 2.41. The molecule has 2 aromatic carbocycles. The Kier molecular flexibility index (Phi) is 8.48. The lowest BCUT2D eigenvalue weighted by molar-refractivity contribution is -0.169. The van der Waals surface area contributed by atoms with Gasteiger partial charge in [0.15, 0.2) is 0 Å². The monoisotopic (exact) mass is 601 g/mol. The van der Waals surface area contributed by atoms with Crippen molar-refractivity contribution in [1.82, 2.24) is 15.6 Å². The molecule has 5 rings (SSSR count). The zero-order chi connectivity index (χ0) is 30.8. The minimum Gasteiger partial charge on any atom is -0.370 e. The van der Waals surface area contributed by atoms with Crippen LogP contribution in [0.4, 0.5) is 32.0 Å². The van der Waals surface area contributed by atoms with E-state index >= 15 is 0 Å². The predicted molar refractivity (Wildman–Crippen MR) is 149 cm³/mol. The first-order chi connectivity index (χ1) is 20.4. The number of rotatable bonds is 7. The number of alkyl halides is 6. The number of piperidine rings is 1. The molecule has 1 fully saturated rings. The van der Waals surface area contributed by atoms with Gasteiger partial charge in [0.1, 0.15) is 5.82 Å². The van der Waals surface area contributed by atoms with Crippen LogP contribution in [0.5, 0.6) is 0 Å². The first kappa shape index (κ1) is 30.1. The van der Waals surface area contributed by atoms with Crippen molar-refractivity contribution < 1.29 is 31.1 Å². The summed E-state index contributed by atoms with van der Waals surface area (Å²) in [5.74, 6) is -3.76. The molecule has 3 aromatic rings. The lowest BCUT2D eigenvalue weighted by Crippen LogP contribution is -2.48. The number of hydrogen-bond donors (Lipinski definition) is 3. The number of carbonyl (C=O) groups is 1.